The van der Waals surface area contributed by atoms with Crippen LogP contribution in [0.3, 0.4) is 0 Å². The van der Waals surface area contributed by atoms with Gasteiger partial charge >= 0.3 is 0 Å². The third kappa shape index (κ3) is 4.62. The zero-order valence-electron chi connectivity index (χ0n) is 9.07. The van der Waals surface area contributed by atoms with Crippen LogP contribution in [0.25, 0.3) is 0 Å². The molecule has 0 radical (unpaired) electrons. The van der Waals surface area contributed by atoms with Gasteiger partial charge in [-0.3, -0.25) is 0 Å². The smallest absolute Gasteiger partial charge is 0.0473 e. The summed E-state index contributed by atoms with van der Waals surface area (Å²) in [7, 11) is -0.849. The lowest BCUT2D eigenvalue weighted by molar-refractivity contribution is 0.538. The summed E-state index contributed by atoms with van der Waals surface area (Å²) in [5.74, 6) is 0.881. The molecule has 0 aliphatic carbocycles. The molecule has 0 aromatic carbocycles. The minimum atomic E-state index is -0.849. The van der Waals surface area contributed by atoms with E-state index in [2.05, 4.69) is 40.4 Å². The maximum Gasteiger partial charge on any atom is 0.0473 e. The monoisotopic (exact) mass is 172 g/mol. The summed E-state index contributed by atoms with van der Waals surface area (Å²) >= 11 is 0. The van der Waals surface area contributed by atoms with E-state index in [1.165, 1.54) is 12.8 Å². The second-order valence-electron chi connectivity index (χ2n) is 5.10. The fraction of sp³-hybridized carbons (Fsp3) is 1.00. The molecule has 1 unspecified atom stereocenters. The lowest BCUT2D eigenvalue weighted by atomic mass is 10.1. The molecule has 1 heteroatoms. The molecule has 0 aliphatic rings. The lowest BCUT2D eigenvalue weighted by Crippen LogP contribution is -2.28. The van der Waals surface area contributed by atoms with Crippen molar-refractivity contribution in [3.63, 3.8) is 0 Å². The van der Waals surface area contributed by atoms with Crippen molar-refractivity contribution in [2.45, 2.75) is 58.8 Å². The van der Waals surface area contributed by atoms with Crippen molar-refractivity contribution in [2.75, 3.05) is 0 Å². The van der Waals surface area contributed by atoms with Gasteiger partial charge in [-0.2, -0.15) is 0 Å². The molecule has 0 aliphatic heterocycles. The Kier molecular flexibility index (Phi) is 4.38. The largest absolute Gasteiger partial charge is 0.0693 e. The maximum atomic E-state index is 2.49. The van der Waals surface area contributed by atoms with Crippen LogP contribution in [0, 0.1) is 5.92 Å². The normalized spacial score (nSPS) is 15.5. The summed E-state index contributed by atoms with van der Waals surface area (Å²) in [4.78, 5) is 0. The molecule has 0 spiro atoms. The van der Waals surface area contributed by atoms with E-state index in [0.29, 0.717) is 0 Å². The minimum absolute atomic E-state index is 0.849. The summed E-state index contributed by atoms with van der Waals surface area (Å²) in [6, 6.07) is 0. The molecule has 0 nitrogen and oxygen atoms in total. The van der Waals surface area contributed by atoms with Crippen molar-refractivity contribution >= 4 is 8.07 Å². The number of hydrogen-bond acceptors (Lipinski definition) is 0. The molecule has 0 aromatic rings. The zero-order valence-corrected chi connectivity index (χ0v) is 10.1. The first-order chi connectivity index (χ1) is 4.88. The van der Waals surface area contributed by atoms with Gasteiger partial charge in [-0.05, 0) is 11.5 Å². The Balaban J connectivity index is 3.96. The highest BCUT2D eigenvalue weighted by Crippen LogP contribution is 2.31. The second kappa shape index (κ2) is 4.29. The van der Waals surface area contributed by atoms with Crippen molar-refractivity contribution in [1.82, 2.24) is 0 Å². The van der Waals surface area contributed by atoms with Gasteiger partial charge in [-0.25, -0.2) is 0 Å². The fourth-order valence-electron chi connectivity index (χ4n) is 1.70. The first-order valence-electron chi connectivity index (χ1n) is 4.88. The van der Waals surface area contributed by atoms with Crippen LogP contribution in [0.2, 0.25) is 25.2 Å². The summed E-state index contributed by atoms with van der Waals surface area (Å²) in [5, 5.41) is 0. The predicted molar refractivity (Wildman–Crippen MR) is 56.8 cm³/mol. The number of rotatable bonds is 4. The average molecular weight is 172 g/mol. The molecule has 0 heterocycles. The first-order valence-corrected chi connectivity index (χ1v) is 8.45. The van der Waals surface area contributed by atoms with E-state index in [9.17, 15) is 0 Å². The van der Waals surface area contributed by atoms with Crippen LogP contribution in [-0.2, 0) is 0 Å². The van der Waals surface area contributed by atoms with E-state index in [1.807, 2.05) is 0 Å². The fourth-order valence-corrected chi connectivity index (χ4v) is 4.10. The van der Waals surface area contributed by atoms with Crippen molar-refractivity contribution in [2.24, 2.45) is 5.92 Å². The van der Waals surface area contributed by atoms with Gasteiger partial charge in [0.15, 0.2) is 0 Å². The Morgan fingerprint density at radius 1 is 1.09 bits per heavy atom. The van der Waals surface area contributed by atoms with E-state index in [1.54, 1.807) is 0 Å². The van der Waals surface area contributed by atoms with Gasteiger partial charge in [-0.15, -0.1) is 0 Å². The van der Waals surface area contributed by atoms with E-state index in [0.717, 1.165) is 11.5 Å². The molecule has 0 aromatic heterocycles. The Hall–Kier alpha value is 0.217. The van der Waals surface area contributed by atoms with Crippen LogP contribution >= 0.6 is 0 Å². The Labute approximate surface area is 73.4 Å². The van der Waals surface area contributed by atoms with Crippen LogP contribution in [0.5, 0.6) is 0 Å². The molecule has 0 rings (SSSR count). The highest BCUT2D eigenvalue weighted by Gasteiger charge is 2.25. The lowest BCUT2D eigenvalue weighted by Gasteiger charge is -2.29. The Bertz CT molecular complexity index is 99.9. The predicted octanol–water partition coefficient (Wildman–Crippen LogP) is 4.15. The highest BCUT2D eigenvalue weighted by atomic mass is 28.3. The molecule has 0 saturated carbocycles. The van der Waals surface area contributed by atoms with Crippen molar-refractivity contribution < 1.29 is 0 Å². The molecule has 68 valence electrons. The highest BCUT2D eigenvalue weighted by molar-refractivity contribution is 6.77. The Morgan fingerprint density at radius 2 is 1.55 bits per heavy atom. The molecular formula is C10H24Si. The van der Waals surface area contributed by atoms with Gasteiger partial charge in [0, 0.05) is 8.07 Å². The van der Waals surface area contributed by atoms with Crippen molar-refractivity contribution in [3.05, 3.63) is 0 Å². The molecule has 0 fully saturated rings. The van der Waals surface area contributed by atoms with Gasteiger partial charge in [-0.1, -0.05) is 53.3 Å². The van der Waals surface area contributed by atoms with E-state index < -0.39 is 8.07 Å². The molecule has 0 amide bonds. The first kappa shape index (κ1) is 11.2. The third-order valence-corrected chi connectivity index (χ3v) is 5.57. The van der Waals surface area contributed by atoms with Gasteiger partial charge in [0.25, 0.3) is 0 Å². The van der Waals surface area contributed by atoms with Gasteiger partial charge in [0.05, 0.1) is 0 Å². The summed E-state index contributed by atoms with van der Waals surface area (Å²) in [6.45, 7) is 14.5. The summed E-state index contributed by atoms with van der Waals surface area (Å²) in [6.07, 6.45) is 2.82. The zero-order chi connectivity index (χ0) is 9.07. The van der Waals surface area contributed by atoms with Crippen molar-refractivity contribution in [3.8, 4) is 0 Å². The van der Waals surface area contributed by atoms with Crippen LogP contribution in [0.1, 0.15) is 33.6 Å². The molecule has 11 heavy (non-hydrogen) atoms. The van der Waals surface area contributed by atoms with Gasteiger partial charge in [0.1, 0.15) is 0 Å². The van der Waals surface area contributed by atoms with Gasteiger partial charge in [0.2, 0.25) is 0 Å². The summed E-state index contributed by atoms with van der Waals surface area (Å²) < 4.78 is 0. The van der Waals surface area contributed by atoms with E-state index in [4.69, 9.17) is 0 Å². The molecule has 0 bridgehead atoms. The van der Waals surface area contributed by atoms with E-state index in [-0.39, 0.29) is 0 Å². The van der Waals surface area contributed by atoms with Crippen LogP contribution in [-0.4, -0.2) is 8.07 Å². The topological polar surface area (TPSA) is 0 Å². The second-order valence-corrected chi connectivity index (χ2v) is 10.6. The summed E-state index contributed by atoms with van der Waals surface area (Å²) in [5.41, 5.74) is 1.03. The average Bonchev–Trinajstić information content (AvgIpc) is 1.79. The standard InChI is InChI=1S/C10H24Si/c1-7-10(8-9(2)3)11(4,5)6/h9-10H,7-8H2,1-6H3. The Morgan fingerprint density at radius 3 is 1.64 bits per heavy atom. The van der Waals surface area contributed by atoms with Crippen molar-refractivity contribution in [1.29, 1.82) is 0 Å². The molecule has 0 N–H and O–H groups in total. The van der Waals surface area contributed by atoms with Crippen LogP contribution in [0.4, 0.5) is 0 Å². The molecular weight excluding hydrogens is 148 g/mol. The van der Waals surface area contributed by atoms with Crippen LogP contribution < -0.4 is 0 Å². The minimum Gasteiger partial charge on any atom is -0.0693 e. The van der Waals surface area contributed by atoms with Gasteiger partial charge < -0.3 is 0 Å². The van der Waals surface area contributed by atoms with Crippen LogP contribution in [0.15, 0.2) is 0 Å². The third-order valence-electron chi connectivity index (χ3n) is 2.47. The molecule has 0 saturated heterocycles. The SMILES string of the molecule is CCC(CC(C)C)[Si](C)(C)C. The quantitative estimate of drug-likeness (QED) is 0.559. The maximum absolute atomic E-state index is 2.49. The van der Waals surface area contributed by atoms with E-state index >= 15 is 0 Å². The number of hydrogen-bond donors (Lipinski definition) is 0. The molecule has 1 atom stereocenters.